The normalized spacial score (nSPS) is 10.8. The molecule has 0 bridgehead atoms. The van der Waals surface area contributed by atoms with Crippen LogP contribution in [0.2, 0.25) is 0 Å². The fourth-order valence-corrected chi connectivity index (χ4v) is 2.61. The zero-order valence-electron chi connectivity index (χ0n) is 17.0. The second-order valence-electron chi connectivity index (χ2n) is 6.60. The zero-order chi connectivity index (χ0) is 20.6. The van der Waals surface area contributed by atoms with Gasteiger partial charge in [0.05, 0.1) is 19.4 Å². The third-order valence-electron chi connectivity index (χ3n) is 4.14. The molecule has 0 spiro atoms. The SMILES string of the molecule is CCCCCCCCCC(=O)NCC(=O)NN=Cc1ccc(O)c(OCC)c1. The molecule has 0 saturated heterocycles. The van der Waals surface area contributed by atoms with E-state index in [1.807, 2.05) is 6.92 Å². The quantitative estimate of drug-likeness (QED) is 0.257. The minimum atomic E-state index is -0.395. The minimum absolute atomic E-state index is 0.0479. The van der Waals surface area contributed by atoms with E-state index in [1.54, 1.807) is 12.1 Å². The maximum Gasteiger partial charge on any atom is 0.259 e. The number of benzene rings is 1. The van der Waals surface area contributed by atoms with Crippen molar-refractivity contribution in [2.75, 3.05) is 13.2 Å². The van der Waals surface area contributed by atoms with Crippen molar-refractivity contribution >= 4 is 18.0 Å². The first-order valence-electron chi connectivity index (χ1n) is 10.1. The number of amides is 2. The maximum atomic E-state index is 11.7. The van der Waals surface area contributed by atoms with Gasteiger partial charge in [0.15, 0.2) is 11.5 Å². The molecule has 1 rings (SSSR count). The first-order valence-corrected chi connectivity index (χ1v) is 10.1. The number of unbranched alkanes of at least 4 members (excludes halogenated alkanes) is 6. The zero-order valence-corrected chi connectivity index (χ0v) is 17.0. The van der Waals surface area contributed by atoms with E-state index in [1.165, 1.54) is 38.0 Å². The molecule has 0 saturated carbocycles. The number of nitrogens with zero attached hydrogens (tertiary/aromatic N) is 1. The topological polar surface area (TPSA) is 100 Å². The van der Waals surface area contributed by atoms with Crippen LogP contribution < -0.4 is 15.5 Å². The van der Waals surface area contributed by atoms with Gasteiger partial charge in [0.25, 0.3) is 5.91 Å². The Morgan fingerprint density at radius 3 is 2.50 bits per heavy atom. The lowest BCUT2D eigenvalue weighted by Crippen LogP contribution is -2.34. The van der Waals surface area contributed by atoms with Crippen LogP contribution in [0.25, 0.3) is 0 Å². The Morgan fingerprint density at radius 2 is 1.79 bits per heavy atom. The summed E-state index contributed by atoms with van der Waals surface area (Å²) in [6, 6.07) is 4.77. The van der Waals surface area contributed by atoms with Gasteiger partial charge in [0.1, 0.15) is 0 Å². The first kappa shape index (κ1) is 23.5. The van der Waals surface area contributed by atoms with Gasteiger partial charge in [-0.2, -0.15) is 5.10 Å². The molecule has 1 aromatic rings. The molecule has 0 unspecified atom stereocenters. The monoisotopic (exact) mass is 391 g/mol. The van der Waals surface area contributed by atoms with E-state index < -0.39 is 5.91 Å². The molecule has 28 heavy (non-hydrogen) atoms. The maximum absolute atomic E-state index is 11.7. The lowest BCUT2D eigenvalue weighted by Gasteiger charge is -2.06. The number of phenols is 1. The average Bonchev–Trinajstić information content (AvgIpc) is 2.68. The number of carbonyl (C=O) groups is 2. The summed E-state index contributed by atoms with van der Waals surface area (Å²) in [4.78, 5) is 23.5. The molecule has 0 aliphatic carbocycles. The fraction of sp³-hybridized carbons (Fsp3) is 0.571. The van der Waals surface area contributed by atoms with Gasteiger partial charge >= 0.3 is 0 Å². The summed E-state index contributed by atoms with van der Waals surface area (Å²) in [6.45, 7) is 4.34. The van der Waals surface area contributed by atoms with Crippen molar-refractivity contribution in [2.45, 2.75) is 65.2 Å². The molecular formula is C21H33N3O4. The first-order chi connectivity index (χ1) is 13.6. The summed E-state index contributed by atoms with van der Waals surface area (Å²) >= 11 is 0. The second kappa shape index (κ2) is 14.5. The van der Waals surface area contributed by atoms with Crippen molar-refractivity contribution in [1.82, 2.24) is 10.7 Å². The summed E-state index contributed by atoms with van der Waals surface area (Å²) in [5, 5.41) is 16.1. The van der Waals surface area contributed by atoms with Gasteiger partial charge in [0, 0.05) is 6.42 Å². The van der Waals surface area contributed by atoms with Crippen LogP contribution in [-0.2, 0) is 9.59 Å². The average molecular weight is 392 g/mol. The summed E-state index contributed by atoms with van der Waals surface area (Å²) in [5.74, 6) is -0.109. The minimum Gasteiger partial charge on any atom is -0.504 e. The molecule has 3 N–H and O–H groups in total. The van der Waals surface area contributed by atoms with Crippen molar-refractivity contribution in [1.29, 1.82) is 0 Å². The number of hydrazone groups is 1. The summed E-state index contributed by atoms with van der Waals surface area (Å²) in [6.07, 6.45) is 9.94. The number of aromatic hydroxyl groups is 1. The number of phenolic OH excluding ortho intramolecular Hbond substituents is 1. The molecule has 0 aliphatic heterocycles. The molecule has 0 aliphatic rings. The molecule has 7 nitrogen and oxygen atoms in total. The number of carbonyl (C=O) groups excluding carboxylic acids is 2. The van der Waals surface area contributed by atoms with E-state index in [0.717, 1.165) is 19.3 Å². The van der Waals surface area contributed by atoms with Crippen LogP contribution in [0.1, 0.15) is 70.8 Å². The van der Waals surface area contributed by atoms with E-state index in [-0.39, 0.29) is 18.2 Å². The number of nitrogens with one attached hydrogen (secondary N) is 2. The molecule has 0 aromatic heterocycles. The number of hydrogen-bond acceptors (Lipinski definition) is 5. The predicted octanol–water partition coefficient (Wildman–Crippen LogP) is 3.50. The molecule has 0 fully saturated rings. The van der Waals surface area contributed by atoms with Crippen LogP contribution in [0.5, 0.6) is 11.5 Å². The summed E-state index contributed by atoms with van der Waals surface area (Å²) in [5.41, 5.74) is 3.03. The van der Waals surface area contributed by atoms with Crippen molar-refractivity contribution in [3.8, 4) is 11.5 Å². The van der Waals surface area contributed by atoms with E-state index in [4.69, 9.17) is 4.74 Å². The molecule has 0 radical (unpaired) electrons. The Bertz CT molecular complexity index is 632. The second-order valence-corrected chi connectivity index (χ2v) is 6.60. The van der Waals surface area contributed by atoms with Crippen molar-refractivity contribution in [3.05, 3.63) is 23.8 Å². The number of rotatable bonds is 14. The lowest BCUT2D eigenvalue weighted by atomic mass is 10.1. The van der Waals surface area contributed by atoms with Gasteiger partial charge in [-0.15, -0.1) is 0 Å². The Morgan fingerprint density at radius 1 is 1.07 bits per heavy atom. The van der Waals surface area contributed by atoms with E-state index in [0.29, 0.717) is 24.3 Å². The summed E-state index contributed by atoms with van der Waals surface area (Å²) in [7, 11) is 0. The van der Waals surface area contributed by atoms with Gasteiger partial charge in [-0.25, -0.2) is 5.43 Å². The highest BCUT2D eigenvalue weighted by atomic mass is 16.5. The van der Waals surface area contributed by atoms with E-state index in [2.05, 4.69) is 22.8 Å². The number of hydrogen-bond donors (Lipinski definition) is 3. The van der Waals surface area contributed by atoms with Crippen molar-refractivity contribution in [3.63, 3.8) is 0 Å². The van der Waals surface area contributed by atoms with E-state index in [9.17, 15) is 14.7 Å². The van der Waals surface area contributed by atoms with Crippen LogP contribution in [-0.4, -0.2) is 36.3 Å². The van der Waals surface area contributed by atoms with Crippen LogP contribution in [0, 0.1) is 0 Å². The molecule has 0 atom stereocenters. The Labute approximate surface area is 167 Å². The fourth-order valence-electron chi connectivity index (χ4n) is 2.61. The predicted molar refractivity (Wildman–Crippen MR) is 111 cm³/mol. The summed E-state index contributed by atoms with van der Waals surface area (Å²) < 4.78 is 5.29. The third kappa shape index (κ3) is 10.5. The molecular weight excluding hydrogens is 358 g/mol. The highest BCUT2D eigenvalue weighted by Crippen LogP contribution is 2.26. The van der Waals surface area contributed by atoms with Gasteiger partial charge in [-0.1, -0.05) is 45.4 Å². The molecule has 2 amide bonds. The number of ether oxygens (including phenoxy) is 1. The van der Waals surface area contributed by atoms with E-state index >= 15 is 0 Å². The van der Waals surface area contributed by atoms with Crippen LogP contribution in [0.15, 0.2) is 23.3 Å². The molecule has 156 valence electrons. The molecule has 7 heteroatoms. The smallest absolute Gasteiger partial charge is 0.259 e. The largest absolute Gasteiger partial charge is 0.504 e. The van der Waals surface area contributed by atoms with Crippen LogP contribution >= 0.6 is 0 Å². The van der Waals surface area contributed by atoms with Crippen LogP contribution in [0.4, 0.5) is 0 Å². The van der Waals surface area contributed by atoms with Crippen molar-refractivity contribution in [2.24, 2.45) is 5.10 Å². The highest BCUT2D eigenvalue weighted by molar-refractivity contribution is 5.86. The highest BCUT2D eigenvalue weighted by Gasteiger charge is 2.05. The molecule has 0 heterocycles. The Hall–Kier alpha value is -2.57. The Kier molecular flexibility index (Phi) is 12.1. The van der Waals surface area contributed by atoms with Gasteiger partial charge in [-0.3, -0.25) is 9.59 Å². The van der Waals surface area contributed by atoms with Crippen molar-refractivity contribution < 1.29 is 19.4 Å². The lowest BCUT2D eigenvalue weighted by molar-refractivity contribution is -0.126. The van der Waals surface area contributed by atoms with Gasteiger partial charge < -0.3 is 15.2 Å². The van der Waals surface area contributed by atoms with Gasteiger partial charge in [0.2, 0.25) is 5.91 Å². The third-order valence-corrected chi connectivity index (χ3v) is 4.14. The Balaban J connectivity index is 2.20. The van der Waals surface area contributed by atoms with Gasteiger partial charge in [-0.05, 0) is 37.1 Å². The standard InChI is InChI=1S/C21H33N3O4/c1-3-5-6-7-8-9-10-11-20(26)22-16-21(27)24-23-15-17-12-13-18(25)19(14-17)28-4-2/h12-15,25H,3-11,16H2,1-2H3,(H,22,26)(H,24,27). The van der Waals surface area contributed by atoms with Crippen LogP contribution in [0.3, 0.4) is 0 Å². The molecule has 1 aromatic carbocycles.